The first kappa shape index (κ1) is 47.0. The average Bonchev–Trinajstić information content (AvgIpc) is 3.33. The number of nitrogens with one attached hydrogen (secondary N) is 2. The van der Waals surface area contributed by atoms with Gasteiger partial charge in [0.2, 0.25) is 11.8 Å². The van der Waals surface area contributed by atoms with Crippen molar-refractivity contribution in [2.24, 2.45) is 0 Å². The molecule has 6 aromatic carbocycles. The fourth-order valence-electron chi connectivity index (χ4n) is 7.74. The molecule has 2 amide bonds. The van der Waals surface area contributed by atoms with Gasteiger partial charge in [-0.2, -0.15) is 11.8 Å². The topological polar surface area (TPSA) is 116 Å². The third-order valence-electron chi connectivity index (χ3n) is 10.8. The molecule has 0 aliphatic carbocycles. The molecule has 0 aromatic heterocycles. The number of aliphatic carboxylic acids is 1. The maximum Gasteiger partial charge on any atom is 0.327 e. The lowest BCUT2D eigenvalue weighted by Gasteiger charge is -2.36. The molecule has 0 spiro atoms. The van der Waals surface area contributed by atoms with Crippen LogP contribution in [0.3, 0.4) is 0 Å². The van der Waals surface area contributed by atoms with Crippen molar-refractivity contribution in [3.8, 4) is 0 Å². The van der Waals surface area contributed by atoms with Crippen molar-refractivity contribution in [3.05, 3.63) is 228 Å². The van der Waals surface area contributed by atoms with Crippen LogP contribution >= 0.6 is 35.3 Å². The van der Waals surface area contributed by atoms with Crippen molar-refractivity contribution in [2.45, 2.75) is 46.9 Å². The number of thioether (sulfide) groups is 3. The van der Waals surface area contributed by atoms with Gasteiger partial charge in [0.25, 0.3) is 0 Å². The van der Waals surface area contributed by atoms with Crippen molar-refractivity contribution in [1.82, 2.24) is 10.6 Å². The van der Waals surface area contributed by atoms with Crippen LogP contribution in [-0.4, -0.2) is 69.7 Å². The van der Waals surface area contributed by atoms with Crippen molar-refractivity contribution in [1.29, 1.82) is 0 Å². The van der Waals surface area contributed by atoms with E-state index in [1.54, 1.807) is 6.08 Å². The Morgan fingerprint density at radius 2 is 0.937 bits per heavy atom. The number of carbonyl (C=O) groups excluding carboxylic acids is 2. The number of carboxylic acid groups (broad SMARTS) is 1. The Hall–Kier alpha value is -5.52. The van der Waals surface area contributed by atoms with Gasteiger partial charge in [0.1, 0.15) is 12.1 Å². The van der Waals surface area contributed by atoms with E-state index in [-0.39, 0.29) is 18.6 Å². The normalized spacial score (nSPS) is 13.2. The molecule has 3 atom stereocenters. The van der Waals surface area contributed by atoms with Crippen LogP contribution in [0.5, 0.6) is 0 Å². The molecule has 324 valence electrons. The van der Waals surface area contributed by atoms with Gasteiger partial charge in [-0.25, -0.2) is 4.79 Å². The third-order valence-corrected chi connectivity index (χ3v) is 14.6. The van der Waals surface area contributed by atoms with Gasteiger partial charge in [-0.1, -0.05) is 194 Å². The summed E-state index contributed by atoms with van der Waals surface area (Å²) in [4.78, 5) is 40.0. The highest BCUT2D eigenvalue weighted by molar-refractivity contribution is 8.01. The first-order valence-electron chi connectivity index (χ1n) is 21.0. The number of carboxylic acids is 1. The van der Waals surface area contributed by atoms with E-state index in [1.165, 1.54) is 40.2 Å². The van der Waals surface area contributed by atoms with E-state index in [0.29, 0.717) is 12.2 Å². The number of amides is 2. The first-order valence-corrected chi connectivity index (χ1v) is 24.4. The van der Waals surface area contributed by atoms with E-state index in [2.05, 4.69) is 83.4 Å². The fourth-order valence-corrected chi connectivity index (χ4v) is 11.2. The van der Waals surface area contributed by atoms with Crippen LogP contribution in [0.25, 0.3) is 0 Å². The number of hydrogen-bond acceptors (Lipinski definition) is 7. The van der Waals surface area contributed by atoms with E-state index >= 15 is 0 Å². The standard InChI is InChI=1S/C53H54N2O5S3/c1-61-37-35-47(50(58)55-48(51(59)60)39-63-53(43-28-14-5-15-29-43,44-30-16-6-17-31-44)45-32-18-7-19-33-45)54-49(57)38-46(56)34-20-21-36-62-52(40-22-8-2-9-23-40,41-24-10-3-11-25-41)42-26-12-4-13-27-42/h2-20,22-34,46-48,56H,21,35-39H2,1H3,(H,54,57)(H,55,58)(H,59,60)/b34-20+/t46?,47-,48-/m1/s1. The Kier molecular flexibility index (Phi) is 17.7. The molecule has 0 saturated carbocycles. The molecule has 0 saturated heterocycles. The minimum absolute atomic E-state index is 0.0356. The first-order chi connectivity index (χ1) is 30.8. The van der Waals surface area contributed by atoms with Crippen LogP contribution in [0.4, 0.5) is 0 Å². The second kappa shape index (κ2) is 23.8. The van der Waals surface area contributed by atoms with Crippen molar-refractivity contribution < 1.29 is 24.6 Å². The summed E-state index contributed by atoms with van der Waals surface area (Å²) in [6.45, 7) is 0. The van der Waals surface area contributed by atoms with Crippen molar-refractivity contribution >= 4 is 53.1 Å². The molecule has 1 unspecified atom stereocenters. The second-order valence-corrected chi connectivity index (χ2v) is 18.5. The highest BCUT2D eigenvalue weighted by atomic mass is 32.2. The molecule has 6 rings (SSSR count). The van der Waals surface area contributed by atoms with Crippen LogP contribution < -0.4 is 10.6 Å². The summed E-state index contributed by atoms with van der Waals surface area (Å²) in [7, 11) is 0. The summed E-state index contributed by atoms with van der Waals surface area (Å²) in [5.74, 6) is -0.945. The quantitative estimate of drug-likeness (QED) is 0.0286. The maximum atomic E-state index is 13.9. The zero-order chi connectivity index (χ0) is 44.3. The number of allylic oxidation sites excluding steroid dienone is 1. The van der Waals surface area contributed by atoms with Gasteiger partial charge in [-0.05, 0) is 64.0 Å². The molecule has 0 aliphatic rings. The van der Waals surface area contributed by atoms with Gasteiger partial charge in [-0.15, -0.1) is 23.5 Å². The molecular formula is C53H54N2O5S3. The molecule has 63 heavy (non-hydrogen) atoms. The summed E-state index contributed by atoms with van der Waals surface area (Å²) >= 11 is 4.78. The largest absolute Gasteiger partial charge is 0.480 e. The number of rotatable bonds is 23. The van der Waals surface area contributed by atoms with Gasteiger partial charge in [0.15, 0.2) is 0 Å². The number of aliphatic hydroxyl groups excluding tert-OH is 1. The second-order valence-electron chi connectivity index (χ2n) is 15.0. The zero-order valence-electron chi connectivity index (χ0n) is 35.3. The molecule has 0 aliphatic heterocycles. The maximum absolute atomic E-state index is 13.9. The Morgan fingerprint density at radius 1 is 0.556 bits per heavy atom. The van der Waals surface area contributed by atoms with E-state index in [1.807, 2.05) is 133 Å². The van der Waals surface area contributed by atoms with Gasteiger partial charge >= 0.3 is 5.97 Å². The predicted octanol–water partition coefficient (Wildman–Crippen LogP) is 9.94. The number of carbonyl (C=O) groups is 3. The van der Waals surface area contributed by atoms with Gasteiger partial charge in [-0.3, -0.25) is 9.59 Å². The predicted molar refractivity (Wildman–Crippen MR) is 262 cm³/mol. The van der Waals surface area contributed by atoms with Gasteiger partial charge < -0.3 is 20.8 Å². The molecule has 0 bridgehead atoms. The van der Waals surface area contributed by atoms with Crippen LogP contribution in [0.2, 0.25) is 0 Å². The highest BCUT2D eigenvalue weighted by Crippen LogP contribution is 2.50. The monoisotopic (exact) mass is 894 g/mol. The average molecular weight is 895 g/mol. The third kappa shape index (κ3) is 12.1. The minimum atomic E-state index is -1.26. The van der Waals surface area contributed by atoms with Gasteiger partial charge in [0, 0.05) is 5.75 Å². The van der Waals surface area contributed by atoms with Gasteiger partial charge in [0.05, 0.1) is 22.0 Å². The van der Waals surface area contributed by atoms with E-state index in [9.17, 15) is 24.6 Å². The summed E-state index contributed by atoms with van der Waals surface area (Å²) in [6, 6.07) is 59.0. The molecule has 0 fully saturated rings. The van der Waals surface area contributed by atoms with Crippen LogP contribution in [0.15, 0.2) is 194 Å². The lowest BCUT2D eigenvalue weighted by atomic mass is 9.84. The number of hydrogen-bond donors (Lipinski definition) is 4. The Balaban J connectivity index is 1.10. The summed E-state index contributed by atoms with van der Waals surface area (Å²) in [5, 5.41) is 26.9. The van der Waals surface area contributed by atoms with Crippen molar-refractivity contribution in [2.75, 3.05) is 23.5 Å². The van der Waals surface area contributed by atoms with Crippen LogP contribution in [-0.2, 0) is 23.9 Å². The van der Waals surface area contributed by atoms with Crippen LogP contribution in [0, 0.1) is 0 Å². The molecule has 10 heteroatoms. The Bertz CT molecular complexity index is 2140. The number of aliphatic hydroxyl groups is 1. The Morgan fingerprint density at radius 3 is 1.30 bits per heavy atom. The molecular weight excluding hydrogens is 841 g/mol. The summed E-state index contributed by atoms with van der Waals surface area (Å²) < 4.78 is -1.25. The molecule has 7 nitrogen and oxygen atoms in total. The SMILES string of the molecule is CSCC[C@@H](NC(=O)CC(O)/C=C/CCSC(c1ccccc1)(c1ccccc1)c1ccccc1)C(=O)N[C@H](CSC(c1ccccc1)(c1ccccc1)c1ccccc1)C(=O)O. The van der Waals surface area contributed by atoms with Crippen LogP contribution in [0.1, 0.15) is 52.6 Å². The zero-order valence-corrected chi connectivity index (χ0v) is 37.7. The fraction of sp³-hybridized carbons (Fsp3) is 0.226. The minimum Gasteiger partial charge on any atom is -0.480 e. The van der Waals surface area contributed by atoms with Crippen molar-refractivity contribution in [3.63, 3.8) is 0 Å². The lowest BCUT2D eigenvalue weighted by molar-refractivity contribution is -0.141. The highest BCUT2D eigenvalue weighted by Gasteiger charge is 2.39. The van der Waals surface area contributed by atoms with E-state index < -0.39 is 45.5 Å². The smallest absolute Gasteiger partial charge is 0.327 e. The lowest BCUT2D eigenvalue weighted by Crippen LogP contribution is -2.53. The molecule has 0 radical (unpaired) electrons. The summed E-state index contributed by atoms with van der Waals surface area (Å²) in [5.41, 5.74) is 6.42. The number of benzene rings is 6. The van der Waals surface area contributed by atoms with E-state index in [4.69, 9.17) is 0 Å². The molecule has 6 aromatic rings. The summed E-state index contributed by atoms with van der Waals surface area (Å²) in [6.07, 6.45) is 5.03. The molecule has 0 heterocycles. The van der Waals surface area contributed by atoms with E-state index in [0.717, 1.165) is 22.4 Å². The Labute approximate surface area is 384 Å². The molecule has 4 N–H and O–H groups in total.